The summed E-state index contributed by atoms with van der Waals surface area (Å²) in [5, 5.41) is 11.3. The number of nitrogens with zero attached hydrogens (tertiary/aromatic N) is 1. The number of rotatable bonds is 5. The van der Waals surface area contributed by atoms with Crippen molar-refractivity contribution in [3.8, 4) is 5.75 Å². The van der Waals surface area contributed by atoms with Crippen molar-refractivity contribution < 1.29 is 24.2 Å². The lowest BCUT2D eigenvalue weighted by atomic mass is 10.1. The summed E-state index contributed by atoms with van der Waals surface area (Å²) in [6.07, 6.45) is -0.767. The Labute approximate surface area is 145 Å². The summed E-state index contributed by atoms with van der Waals surface area (Å²) in [5.41, 5.74) is 0. The molecule has 0 aliphatic carbocycles. The summed E-state index contributed by atoms with van der Waals surface area (Å²) in [5.74, 6) is -0.765. The molecule has 2 aromatic rings. The van der Waals surface area contributed by atoms with Gasteiger partial charge in [0.25, 0.3) is 5.91 Å². The molecule has 3 atom stereocenters. The standard InChI is InChI=1S/C19H21NO5/c1-12(18(21)20-11-14(24-2)10-16(20)19(22)23)25-17-9-5-7-13-6-3-4-8-15(13)17/h3-9,12,14,16H,10-11H2,1-2H3,(H,22,23). The van der Waals surface area contributed by atoms with Gasteiger partial charge in [0.2, 0.25) is 0 Å². The van der Waals surface area contributed by atoms with Crippen LogP contribution < -0.4 is 4.74 Å². The number of likely N-dealkylation sites (tertiary alicyclic amines) is 1. The highest BCUT2D eigenvalue weighted by Gasteiger charge is 2.41. The second kappa shape index (κ2) is 7.11. The van der Waals surface area contributed by atoms with Crippen molar-refractivity contribution in [3.05, 3.63) is 42.5 Å². The molecule has 6 heteroatoms. The van der Waals surface area contributed by atoms with Gasteiger partial charge >= 0.3 is 5.97 Å². The number of benzene rings is 2. The van der Waals surface area contributed by atoms with Gasteiger partial charge in [0, 0.05) is 25.5 Å². The normalized spacial score (nSPS) is 21.3. The number of amides is 1. The van der Waals surface area contributed by atoms with Crippen LogP contribution in [0.5, 0.6) is 5.75 Å². The van der Waals surface area contributed by atoms with Gasteiger partial charge in [-0.1, -0.05) is 36.4 Å². The number of carbonyl (C=O) groups excluding carboxylic acids is 1. The highest BCUT2D eigenvalue weighted by molar-refractivity contribution is 5.90. The van der Waals surface area contributed by atoms with E-state index >= 15 is 0 Å². The monoisotopic (exact) mass is 343 g/mol. The molecule has 3 rings (SSSR count). The van der Waals surface area contributed by atoms with Crippen molar-refractivity contribution in [2.45, 2.75) is 31.6 Å². The van der Waals surface area contributed by atoms with E-state index in [1.807, 2.05) is 42.5 Å². The fraction of sp³-hybridized carbons (Fsp3) is 0.368. The Morgan fingerprint density at radius 1 is 1.20 bits per heavy atom. The molecule has 0 spiro atoms. The number of carboxylic acid groups (broad SMARTS) is 1. The molecule has 3 unspecified atom stereocenters. The van der Waals surface area contributed by atoms with Crippen LogP contribution in [0.25, 0.3) is 10.8 Å². The van der Waals surface area contributed by atoms with Crippen molar-refractivity contribution in [1.29, 1.82) is 0 Å². The SMILES string of the molecule is COC1CC(C(=O)O)N(C(=O)C(C)Oc2cccc3ccccc23)C1. The summed E-state index contributed by atoms with van der Waals surface area (Å²) >= 11 is 0. The molecule has 1 saturated heterocycles. The molecule has 132 valence electrons. The Balaban J connectivity index is 1.79. The number of fused-ring (bicyclic) bond motifs is 1. The first-order valence-corrected chi connectivity index (χ1v) is 8.21. The Morgan fingerprint density at radius 3 is 2.64 bits per heavy atom. The van der Waals surface area contributed by atoms with E-state index in [2.05, 4.69) is 0 Å². The number of carbonyl (C=O) groups is 2. The molecule has 1 aliphatic rings. The van der Waals surface area contributed by atoms with E-state index in [4.69, 9.17) is 9.47 Å². The van der Waals surface area contributed by atoms with Crippen molar-refractivity contribution in [3.63, 3.8) is 0 Å². The van der Waals surface area contributed by atoms with Gasteiger partial charge in [0.15, 0.2) is 6.10 Å². The molecule has 0 bridgehead atoms. The van der Waals surface area contributed by atoms with Gasteiger partial charge in [-0.05, 0) is 18.4 Å². The van der Waals surface area contributed by atoms with Gasteiger partial charge < -0.3 is 19.5 Å². The fourth-order valence-corrected chi connectivity index (χ4v) is 3.22. The second-order valence-electron chi connectivity index (χ2n) is 6.18. The molecule has 1 fully saturated rings. The maximum Gasteiger partial charge on any atom is 0.326 e. The van der Waals surface area contributed by atoms with Gasteiger partial charge in [0.05, 0.1) is 6.10 Å². The Bertz CT molecular complexity index is 785. The molecule has 25 heavy (non-hydrogen) atoms. The first-order valence-electron chi connectivity index (χ1n) is 8.21. The summed E-state index contributed by atoms with van der Waals surface area (Å²) in [4.78, 5) is 25.5. The van der Waals surface area contributed by atoms with Crippen LogP contribution in [0.3, 0.4) is 0 Å². The van der Waals surface area contributed by atoms with Crippen LogP contribution in [0.15, 0.2) is 42.5 Å². The van der Waals surface area contributed by atoms with Crippen LogP contribution >= 0.6 is 0 Å². The largest absolute Gasteiger partial charge is 0.480 e. The van der Waals surface area contributed by atoms with Crippen LogP contribution in [0.2, 0.25) is 0 Å². The zero-order chi connectivity index (χ0) is 18.0. The number of ether oxygens (including phenoxy) is 2. The number of aliphatic carboxylic acids is 1. The maximum absolute atomic E-state index is 12.7. The van der Waals surface area contributed by atoms with Crippen LogP contribution in [0, 0.1) is 0 Å². The smallest absolute Gasteiger partial charge is 0.326 e. The zero-order valence-corrected chi connectivity index (χ0v) is 14.2. The van der Waals surface area contributed by atoms with Gasteiger partial charge in [-0.15, -0.1) is 0 Å². The lowest BCUT2D eigenvalue weighted by molar-refractivity contribution is -0.150. The van der Waals surface area contributed by atoms with Gasteiger partial charge in [0.1, 0.15) is 11.8 Å². The van der Waals surface area contributed by atoms with E-state index in [-0.39, 0.29) is 18.6 Å². The minimum Gasteiger partial charge on any atom is -0.480 e. The number of hydrogen-bond acceptors (Lipinski definition) is 4. The van der Waals surface area contributed by atoms with Crippen molar-refractivity contribution >= 4 is 22.6 Å². The first kappa shape index (κ1) is 17.2. The van der Waals surface area contributed by atoms with Gasteiger partial charge in [-0.25, -0.2) is 4.79 Å². The third kappa shape index (κ3) is 3.44. The second-order valence-corrected chi connectivity index (χ2v) is 6.18. The predicted molar refractivity (Wildman–Crippen MR) is 92.6 cm³/mol. The topological polar surface area (TPSA) is 76.1 Å². The quantitative estimate of drug-likeness (QED) is 0.901. The third-order valence-corrected chi connectivity index (χ3v) is 4.57. The summed E-state index contributed by atoms with van der Waals surface area (Å²) < 4.78 is 11.1. The first-order chi connectivity index (χ1) is 12.0. The number of carboxylic acids is 1. The summed E-state index contributed by atoms with van der Waals surface area (Å²) in [7, 11) is 1.52. The minimum atomic E-state index is -1.02. The van der Waals surface area contributed by atoms with Crippen molar-refractivity contribution in [1.82, 2.24) is 4.90 Å². The summed E-state index contributed by atoms with van der Waals surface area (Å²) in [6, 6.07) is 12.5. The Hall–Kier alpha value is -2.60. The lowest BCUT2D eigenvalue weighted by Gasteiger charge is -2.25. The van der Waals surface area contributed by atoms with Crippen LogP contribution in [0.1, 0.15) is 13.3 Å². The van der Waals surface area contributed by atoms with Crippen molar-refractivity contribution in [2.75, 3.05) is 13.7 Å². The molecule has 1 heterocycles. The number of methoxy groups -OCH3 is 1. The molecule has 0 radical (unpaired) electrons. The molecule has 1 amide bonds. The number of hydrogen-bond donors (Lipinski definition) is 1. The molecular weight excluding hydrogens is 322 g/mol. The highest BCUT2D eigenvalue weighted by Crippen LogP contribution is 2.27. The zero-order valence-electron chi connectivity index (χ0n) is 14.2. The maximum atomic E-state index is 12.7. The fourth-order valence-electron chi connectivity index (χ4n) is 3.22. The molecule has 0 saturated carbocycles. The average Bonchev–Trinajstić information content (AvgIpc) is 3.06. The third-order valence-electron chi connectivity index (χ3n) is 4.57. The Kier molecular flexibility index (Phi) is 4.90. The predicted octanol–water partition coefficient (Wildman–Crippen LogP) is 2.31. The molecular formula is C19H21NO5. The molecule has 1 N–H and O–H groups in total. The van der Waals surface area contributed by atoms with Crippen molar-refractivity contribution in [2.24, 2.45) is 0 Å². The van der Waals surface area contributed by atoms with E-state index < -0.39 is 18.1 Å². The van der Waals surface area contributed by atoms with Crippen LogP contribution in [-0.2, 0) is 14.3 Å². The van der Waals surface area contributed by atoms with E-state index in [0.717, 1.165) is 10.8 Å². The van der Waals surface area contributed by atoms with Crippen LogP contribution in [0.4, 0.5) is 0 Å². The molecule has 6 nitrogen and oxygen atoms in total. The molecule has 2 aromatic carbocycles. The molecule has 0 aromatic heterocycles. The van der Waals surface area contributed by atoms with Crippen LogP contribution in [-0.4, -0.2) is 53.8 Å². The minimum absolute atomic E-state index is 0.259. The van der Waals surface area contributed by atoms with Gasteiger partial charge in [-0.3, -0.25) is 4.79 Å². The van der Waals surface area contributed by atoms with E-state index in [0.29, 0.717) is 12.2 Å². The highest BCUT2D eigenvalue weighted by atomic mass is 16.5. The molecule has 1 aliphatic heterocycles. The Morgan fingerprint density at radius 2 is 1.92 bits per heavy atom. The van der Waals surface area contributed by atoms with E-state index in [1.54, 1.807) is 6.92 Å². The summed E-state index contributed by atoms with van der Waals surface area (Å²) in [6.45, 7) is 1.90. The average molecular weight is 343 g/mol. The van der Waals surface area contributed by atoms with E-state index in [9.17, 15) is 14.7 Å². The lowest BCUT2D eigenvalue weighted by Crippen LogP contribution is -2.46. The van der Waals surface area contributed by atoms with Gasteiger partial charge in [-0.2, -0.15) is 0 Å². The van der Waals surface area contributed by atoms with E-state index in [1.165, 1.54) is 12.0 Å².